The SMILES string of the molecule is Fc1ccc(CN=c2ccn(Cc3ccc(F)c(F)c3)cc2)cc1F. The van der Waals surface area contributed by atoms with E-state index in [0.29, 0.717) is 23.0 Å². The third kappa shape index (κ3) is 4.35. The molecule has 0 saturated heterocycles. The molecule has 6 heteroatoms. The summed E-state index contributed by atoms with van der Waals surface area (Å²) in [5, 5.41) is 0.672. The van der Waals surface area contributed by atoms with E-state index >= 15 is 0 Å². The average molecular weight is 346 g/mol. The Labute approximate surface area is 141 Å². The molecule has 3 rings (SSSR count). The van der Waals surface area contributed by atoms with Crippen LogP contribution in [0.15, 0.2) is 65.9 Å². The van der Waals surface area contributed by atoms with E-state index in [4.69, 9.17) is 0 Å². The summed E-state index contributed by atoms with van der Waals surface area (Å²) in [6.45, 7) is 0.616. The van der Waals surface area contributed by atoms with Gasteiger partial charge in [0.2, 0.25) is 0 Å². The van der Waals surface area contributed by atoms with Gasteiger partial charge in [0.25, 0.3) is 0 Å². The van der Waals surface area contributed by atoms with Gasteiger partial charge in [-0.1, -0.05) is 12.1 Å². The molecule has 2 aromatic carbocycles. The molecule has 0 radical (unpaired) electrons. The van der Waals surface area contributed by atoms with E-state index in [0.717, 1.165) is 24.3 Å². The van der Waals surface area contributed by atoms with Crippen molar-refractivity contribution < 1.29 is 17.6 Å². The topological polar surface area (TPSA) is 17.3 Å². The first-order chi connectivity index (χ1) is 12.0. The maximum absolute atomic E-state index is 13.2. The molecular weight excluding hydrogens is 332 g/mol. The first-order valence-electron chi connectivity index (χ1n) is 7.56. The van der Waals surface area contributed by atoms with E-state index in [1.807, 2.05) is 0 Å². The van der Waals surface area contributed by atoms with Crippen molar-refractivity contribution in [3.63, 3.8) is 0 Å². The molecule has 3 aromatic rings. The number of pyridine rings is 1. The number of hydrogen-bond donors (Lipinski definition) is 0. The summed E-state index contributed by atoms with van der Waals surface area (Å²) in [5.41, 5.74) is 1.20. The van der Waals surface area contributed by atoms with E-state index in [1.54, 1.807) is 29.1 Å². The molecule has 0 spiro atoms. The lowest BCUT2D eigenvalue weighted by atomic mass is 10.2. The minimum Gasteiger partial charge on any atom is -0.350 e. The molecule has 25 heavy (non-hydrogen) atoms. The molecule has 0 aliphatic heterocycles. The molecule has 0 N–H and O–H groups in total. The van der Waals surface area contributed by atoms with Crippen LogP contribution >= 0.6 is 0 Å². The van der Waals surface area contributed by atoms with Gasteiger partial charge >= 0.3 is 0 Å². The Morgan fingerprint density at radius 1 is 0.680 bits per heavy atom. The van der Waals surface area contributed by atoms with Crippen LogP contribution in [0.1, 0.15) is 11.1 Å². The van der Waals surface area contributed by atoms with Gasteiger partial charge in [-0.05, 0) is 47.5 Å². The maximum atomic E-state index is 13.2. The van der Waals surface area contributed by atoms with E-state index in [2.05, 4.69) is 4.99 Å². The summed E-state index contributed by atoms with van der Waals surface area (Å²) in [6, 6.07) is 10.9. The Morgan fingerprint density at radius 2 is 1.24 bits per heavy atom. The third-order valence-corrected chi connectivity index (χ3v) is 3.65. The molecule has 0 aliphatic rings. The van der Waals surface area contributed by atoms with E-state index in [-0.39, 0.29) is 6.54 Å². The third-order valence-electron chi connectivity index (χ3n) is 3.65. The number of halogens is 4. The molecule has 0 bridgehead atoms. The number of hydrogen-bond acceptors (Lipinski definition) is 1. The molecule has 0 atom stereocenters. The van der Waals surface area contributed by atoms with Crippen LogP contribution in [0.4, 0.5) is 17.6 Å². The van der Waals surface area contributed by atoms with Crippen LogP contribution in [0.25, 0.3) is 0 Å². The quantitative estimate of drug-likeness (QED) is 0.630. The van der Waals surface area contributed by atoms with Crippen molar-refractivity contribution in [2.75, 3.05) is 0 Å². The number of nitrogens with zero attached hydrogens (tertiary/aromatic N) is 2. The fourth-order valence-corrected chi connectivity index (χ4v) is 2.33. The number of aromatic nitrogens is 1. The van der Waals surface area contributed by atoms with Crippen molar-refractivity contribution in [1.82, 2.24) is 4.57 Å². The predicted molar refractivity (Wildman–Crippen MR) is 85.5 cm³/mol. The van der Waals surface area contributed by atoms with Gasteiger partial charge < -0.3 is 4.57 Å². The van der Waals surface area contributed by atoms with Gasteiger partial charge in [-0.25, -0.2) is 17.6 Å². The lowest BCUT2D eigenvalue weighted by molar-refractivity contribution is 0.506. The molecule has 1 heterocycles. The summed E-state index contributed by atoms with van der Waals surface area (Å²) in [7, 11) is 0. The van der Waals surface area contributed by atoms with Crippen LogP contribution in [0.2, 0.25) is 0 Å². The lowest BCUT2D eigenvalue weighted by Gasteiger charge is -2.06. The summed E-state index contributed by atoms with van der Waals surface area (Å²) >= 11 is 0. The Morgan fingerprint density at radius 3 is 1.84 bits per heavy atom. The van der Waals surface area contributed by atoms with Gasteiger partial charge in [-0.15, -0.1) is 0 Å². The van der Waals surface area contributed by atoms with Crippen molar-refractivity contribution in [3.05, 3.63) is 101 Å². The highest BCUT2D eigenvalue weighted by atomic mass is 19.2. The second-order valence-electron chi connectivity index (χ2n) is 5.54. The Hall–Kier alpha value is -2.89. The van der Waals surface area contributed by atoms with Crippen LogP contribution in [0.5, 0.6) is 0 Å². The fourth-order valence-electron chi connectivity index (χ4n) is 2.33. The molecule has 0 aliphatic carbocycles. The molecular formula is C19H14F4N2. The van der Waals surface area contributed by atoms with Crippen LogP contribution < -0.4 is 5.36 Å². The summed E-state index contributed by atoms with van der Waals surface area (Å²) in [5.74, 6) is -3.54. The van der Waals surface area contributed by atoms with Crippen molar-refractivity contribution in [3.8, 4) is 0 Å². The van der Waals surface area contributed by atoms with E-state index in [1.165, 1.54) is 12.1 Å². The molecule has 0 saturated carbocycles. The second-order valence-corrected chi connectivity index (χ2v) is 5.54. The summed E-state index contributed by atoms with van der Waals surface area (Å²) in [4.78, 5) is 4.31. The first kappa shape index (κ1) is 17.0. The zero-order valence-corrected chi connectivity index (χ0v) is 13.1. The van der Waals surface area contributed by atoms with Gasteiger partial charge in [0.15, 0.2) is 23.3 Å². The predicted octanol–water partition coefficient (Wildman–Crippen LogP) is 4.19. The Bertz CT molecular complexity index is 943. The molecule has 128 valence electrons. The van der Waals surface area contributed by atoms with Crippen molar-refractivity contribution in [2.24, 2.45) is 4.99 Å². The largest absolute Gasteiger partial charge is 0.350 e. The monoisotopic (exact) mass is 346 g/mol. The zero-order chi connectivity index (χ0) is 17.8. The van der Waals surface area contributed by atoms with Crippen LogP contribution in [0.3, 0.4) is 0 Å². The Balaban J connectivity index is 1.70. The highest BCUT2D eigenvalue weighted by Crippen LogP contribution is 2.10. The van der Waals surface area contributed by atoms with Gasteiger partial charge in [0, 0.05) is 18.9 Å². The van der Waals surface area contributed by atoms with Crippen molar-refractivity contribution >= 4 is 0 Å². The second kappa shape index (κ2) is 7.34. The standard InChI is InChI=1S/C19H14F4N2/c20-16-3-1-13(9-18(16)22)11-24-15-5-7-25(8-6-15)12-14-2-4-17(21)19(23)10-14/h1-10H,11-12H2. The number of rotatable bonds is 4. The minimum absolute atomic E-state index is 0.227. The van der Waals surface area contributed by atoms with E-state index < -0.39 is 23.3 Å². The highest BCUT2D eigenvalue weighted by molar-refractivity contribution is 5.19. The van der Waals surface area contributed by atoms with Gasteiger partial charge in [-0.2, -0.15) is 0 Å². The summed E-state index contributed by atoms with van der Waals surface area (Å²) < 4.78 is 54.0. The molecule has 0 unspecified atom stereocenters. The average Bonchev–Trinajstić information content (AvgIpc) is 2.60. The van der Waals surface area contributed by atoms with Crippen LogP contribution in [0, 0.1) is 23.3 Å². The van der Waals surface area contributed by atoms with Gasteiger partial charge in [0.05, 0.1) is 11.9 Å². The molecule has 0 fully saturated rings. The molecule has 0 amide bonds. The highest BCUT2D eigenvalue weighted by Gasteiger charge is 2.03. The fraction of sp³-hybridized carbons (Fsp3) is 0.105. The smallest absolute Gasteiger partial charge is 0.159 e. The molecule has 1 aromatic heterocycles. The summed E-state index contributed by atoms with van der Waals surface area (Å²) in [6.07, 6.45) is 3.51. The van der Waals surface area contributed by atoms with Crippen LogP contribution in [-0.2, 0) is 13.1 Å². The van der Waals surface area contributed by atoms with E-state index in [9.17, 15) is 17.6 Å². The van der Waals surface area contributed by atoms with Gasteiger partial charge in [0.1, 0.15) is 0 Å². The normalized spacial score (nSPS) is 10.7. The lowest BCUT2D eigenvalue weighted by Crippen LogP contribution is -2.07. The minimum atomic E-state index is -0.898. The number of benzene rings is 2. The van der Waals surface area contributed by atoms with Gasteiger partial charge in [-0.3, -0.25) is 4.99 Å². The van der Waals surface area contributed by atoms with Crippen molar-refractivity contribution in [1.29, 1.82) is 0 Å². The first-order valence-corrected chi connectivity index (χ1v) is 7.56. The van der Waals surface area contributed by atoms with Crippen molar-refractivity contribution in [2.45, 2.75) is 13.1 Å². The van der Waals surface area contributed by atoms with Crippen LogP contribution in [-0.4, -0.2) is 4.57 Å². The Kier molecular flexibility index (Phi) is 4.97. The molecule has 2 nitrogen and oxygen atoms in total. The zero-order valence-electron chi connectivity index (χ0n) is 13.1. The maximum Gasteiger partial charge on any atom is 0.159 e.